The van der Waals surface area contributed by atoms with E-state index in [1.165, 1.54) is 5.56 Å². The molecule has 2 aromatic heterocycles. The summed E-state index contributed by atoms with van der Waals surface area (Å²) in [6.07, 6.45) is 0. The van der Waals surface area contributed by atoms with Crippen LogP contribution in [0.4, 0.5) is 5.82 Å². The van der Waals surface area contributed by atoms with Crippen LogP contribution in [0.3, 0.4) is 0 Å². The molecule has 124 valence electrons. The molecule has 0 amide bonds. The zero-order valence-electron chi connectivity index (χ0n) is 13.9. The van der Waals surface area contributed by atoms with E-state index < -0.39 is 0 Å². The molecule has 0 saturated heterocycles. The molecule has 3 nitrogen and oxygen atoms in total. The van der Waals surface area contributed by atoms with Crippen molar-refractivity contribution in [2.45, 2.75) is 13.5 Å². The molecule has 0 saturated carbocycles. The first-order chi connectivity index (χ1) is 12.2. The maximum atomic E-state index is 6.04. The molecule has 0 aliphatic rings. The van der Waals surface area contributed by atoms with Gasteiger partial charge in [-0.3, -0.25) is 4.40 Å². The lowest BCUT2D eigenvalue weighted by Gasteiger charge is -2.11. The summed E-state index contributed by atoms with van der Waals surface area (Å²) in [6, 6.07) is 24.3. The Labute approximate surface area is 151 Å². The highest BCUT2D eigenvalue weighted by Crippen LogP contribution is 2.31. The second-order valence-electron chi connectivity index (χ2n) is 6.02. The Bertz CT molecular complexity index is 1000. The van der Waals surface area contributed by atoms with E-state index in [-0.39, 0.29) is 0 Å². The lowest BCUT2D eigenvalue weighted by atomic mass is 10.1. The quantitative estimate of drug-likeness (QED) is 0.522. The van der Waals surface area contributed by atoms with E-state index in [2.05, 4.69) is 47.0 Å². The second-order valence-corrected chi connectivity index (χ2v) is 6.45. The Hall–Kier alpha value is -2.78. The molecule has 0 unspecified atom stereocenters. The summed E-state index contributed by atoms with van der Waals surface area (Å²) in [5, 5.41) is 4.30. The molecular formula is C21H18ClN3. The summed E-state index contributed by atoms with van der Waals surface area (Å²) in [7, 11) is 0. The van der Waals surface area contributed by atoms with Crippen LogP contribution in [0.2, 0.25) is 5.02 Å². The van der Waals surface area contributed by atoms with Crippen LogP contribution in [0.1, 0.15) is 11.3 Å². The van der Waals surface area contributed by atoms with Crippen molar-refractivity contribution < 1.29 is 0 Å². The summed E-state index contributed by atoms with van der Waals surface area (Å²) < 4.78 is 2.16. The third kappa shape index (κ3) is 3.11. The van der Waals surface area contributed by atoms with E-state index in [9.17, 15) is 0 Å². The number of hydrogen-bond acceptors (Lipinski definition) is 2. The van der Waals surface area contributed by atoms with Gasteiger partial charge < -0.3 is 5.32 Å². The van der Waals surface area contributed by atoms with Gasteiger partial charge in [-0.05, 0) is 36.8 Å². The van der Waals surface area contributed by atoms with Gasteiger partial charge in [0.25, 0.3) is 0 Å². The van der Waals surface area contributed by atoms with Crippen LogP contribution in [0.25, 0.3) is 16.9 Å². The standard InChI is InChI=1S/C21H18ClN3/c1-15-6-5-9-19-24-20(17-10-12-18(22)13-11-17)21(25(15)19)23-14-16-7-3-2-4-8-16/h2-13,23H,14H2,1H3. The molecule has 25 heavy (non-hydrogen) atoms. The van der Waals surface area contributed by atoms with Crippen molar-refractivity contribution in [1.82, 2.24) is 9.38 Å². The molecule has 0 fully saturated rings. The smallest absolute Gasteiger partial charge is 0.139 e. The summed E-state index contributed by atoms with van der Waals surface area (Å²) in [6.45, 7) is 2.83. The Morgan fingerprint density at radius 3 is 2.44 bits per heavy atom. The molecule has 2 heterocycles. The predicted octanol–water partition coefficient (Wildman–Crippen LogP) is 5.58. The third-order valence-electron chi connectivity index (χ3n) is 4.26. The number of nitrogens with zero attached hydrogens (tertiary/aromatic N) is 2. The lowest BCUT2D eigenvalue weighted by Crippen LogP contribution is -2.04. The third-order valence-corrected chi connectivity index (χ3v) is 4.51. The van der Waals surface area contributed by atoms with Gasteiger partial charge in [-0.1, -0.05) is 60.1 Å². The second kappa shape index (κ2) is 6.61. The van der Waals surface area contributed by atoms with Crippen molar-refractivity contribution in [1.29, 1.82) is 0 Å². The van der Waals surface area contributed by atoms with E-state index in [1.54, 1.807) is 0 Å². The van der Waals surface area contributed by atoms with Crippen LogP contribution in [-0.4, -0.2) is 9.38 Å². The SMILES string of the molecule is Cc1cccc2nc(-c3ccc(Cl)cc3)c(NCc3ccccc3)n12. The molecule has 1 N–H and O–H groups in total. The fourth-order valence-corrected chi connectivity index (χ4v) is 3.13. The average molecular weight is 348 g/mol. The fraction of sp³-hybridized carbons (Fsp3) is 0.0952. The minimum Gasteiger partial charge on any atom is -0.365 e. The minimum atomic E-state index is 0.725. The van der Waals surface area contributed by atoms with Crippen molar-refractivity contribution in [2.75, 3.05) is 5.32 Å². The number of halogens is 1. The first kappa shape index (κ1) is 15.7. The highest BCUT2D eigenvalue weighted by Gasteiger charge is 2.15. The molecule has 0 aliphatic carbocycles. The van der Waals surface area contributed by atoms with Crippen molar-refractivity contribution in [2.24, 2.45) is 0 Å². The Morgan fingerprint density at radius 2 is 1.68 bits per heavy atom. The highest BCUT2D eigenvalue weighted by molar-refractivity contribution is 6.30. The molecule has 4 heteroatoms. The number of aryl methyl sites for hydroxylation is 1. The molecule has 0 spiro atoms. The van der Waals surface area contributed by atoms with Gasteiger partial charge in [0, 0.05) is 22.8 Å². The normalized spacial score (nSPS) is 11.0. The molecule has 0 bridgehead atoms. The van der Waals surface area contributed by atoms with Crippen LogP contribution in [0.5, 0.6) is 0 Å². The van der Waals surface area contributed by atoms with Crippen molar-refractivity contribution in [3.63, 3.8) is 0 Å². The Balaban J connectivity index is 1.81. The van der Waals surface area contributed by atoms with Crippen molar-refractivity contribution in [3.05, 3.63) is 89.1 Å². The van der Waals surface area contributed by atoms with Crippen LogP contribution >= 0.6 is 11.6 Å². The zero-order chi connectivity index (χ0) is 17.2. The minimum absolute atomic E-state index is 0.725. The fourth-order valence-electron chi connectivity index (χ4n) is 3.01. The van der Waals surface area contributed by atoms with Crippen LogP contribution < -0.4 is 5.32 Å². The van der Waals surface area contributed by atoms with E-state index >= 15 is 0 Å². The zero-order valence-corrected chi connectivity index (χ0v) is 14.7. The number of fused-ring (bicyclic) bond motifs is 1. The molecule has 0 aliphatic heterocycles. The summed E-state index contributed by atoms with van der Waals surface area (Å²) in [5.41, 5.74) is 5.28. The number of nitrogens with one attached hydrogen (secondary N) is 1. The van der Waals surface area contributed by atoms with Gasteiger partial charge in [0.15, 0.2) is 0 Å². The number of hydrogen-bond donors (Lipinski definition) is 1. The highest BCUT2D eigenvalue weighted by atomic mass is 35.5. The molecule has 4 rings (SSSR count). The Kier molecular flexibility index (Phi) is 4.16. The summed E-state index contributed by atoms with van der Waals surface area (Å²) in [5.74, 6) is 0.999. The van der Waals surface area contributed by atoms with Gasteiger partial charge >= 0.3 is 0 Å². The number of anilines is 1. The lowest BCUT2D eigenvalue weighted by molar-refractivity contribution is 1.05. The van der Waals surface area contributed by atoms with Crippen LogP contribution in [0.15, 0.2) is 72.8 Å². The summed E-state index contributed by atoms with van der Waals surface area (Å²) >= 11 is 6.04. The molecule has 4 aromatic rings. The number of rotatable bonds is 4. The van der Waals surface area contributed by atoms with Crippen LogP contribution in [0, 0.1) is 6.92 Å². The largest absolute Gasteiger partial charge is 0.365 e. The predicted molar refractivity (Wildman–Crippen MR) is 104 cm³/mol. The first-order valence-corrected chi connectivity index (χ1v) is 8.62. The van der Waals surface area contributed by atoms with Gasteiger partial charge in [0.2, 0.25) is 0 Å². The van der Waals surface area contributed by atoms with E-state index in [4.69, 9.17) is 16.6 Å². The molecule has 0 radical (unpaired) electrons. The van der Waals surface area contributed by atoms with E-state index in [0.29, 0.717) is 0 Å². The maximum Gasteiger partial charge on any atom is 0.139 e. The van der Waals surface area contributed by atoms with Crippen molar-refractivity contribution in [3.8, 4) is 11.3 Å². The number of pyridine rings is 1. The first-order valence-electron chi connectivity index (χ1n) is 8.24. The molecule has 0 atom stereocenters. The van der Waals surface area contributed by atoms with Crippen LogP contribution in [-0.2, 0) is 6.54 Å². The molecular weight excluding hydrogens is 330 g/mol. The van der Waals surface area contributed by atoms with Gasteiger partial charge in [-0.2, -0.15) is 0 Å². The van der Waals surface area contributed by atoms with Gasteiger partial charge in [0.1, 0.15) is 17.2 Å². The number of imidazole rings is 1. The van der Waals surface area contributed by atoms with Crippen molar-refractivity contribution >= 4 is 23.1 Å². The summed E-state index contributed by atoms with van der Waals surface area (Å²) in [4.78, 5) is 4.84. The number of aromatic nitrogens is 2. The van der Waals surface area contributed by atoms with Gasteiger partial charge in [-0.15, -0.1) is 0 Å². The van der Waals surface area contributed by atoms with Gasteiger partial charge in [-0.25, -0.2) is 4.98 Å². The monoisotopic (exact) mass is 347 g/mol. The average Bonchev–Trinajstić information content (AvgIpc) is 3.01. The Morgan fingerprint density at radius 1 is 0.920 bits per heavy atom. The molecule has 2 aromatic carbocycles. The van der Waals surface area contributed by atoms with Gasteiger partial charge in [0.05, 0.1) is 0 Å². The van der Waals surface area contributed by atoms with E-state index in [0.717, 1.165) is 40.0 Å². The maximum absolute atomic E-state index is 6.04. The number of benzene rings is 2. The topological polar surface area (TPSA) is 29.3 Å². The van der Waals surface area contributed by atoms with E-state index in [1.807, 2.05) is 42.5 Å².